The lowest BCUT2D eigenvalue weighted by atomic mass is 9.99. The average molecular weight is 237 g/mol. The van der Waals surface area contributed by atoms with Crippen molar-refractivity contribution < 1.29 is 4.74 Å². The highest BCUT2D eigenvalue weighted by Gasteiger charge is 2.35. The molecular formula is C11H9BrO. The fraction of sp³-hybridized carbons (Fsp3) is 0.273. The van der Waals surface area contributed by atoms with Gasteiger partial charge in [0, 0.05) is 17.9 Å². The normalized spacial score (nSPS) is 28.4. The second-order valence-electron chi connectivity index (χ2n) is 3.50. The lowest BCUT2D eigenvalue weighted by Crippen LogP contribution is -2.11. The molecule has 0 bridgehead atoms. The van der Waals surface area contributed by atoms with E-state index in [1.165, 1.54) is 5.56 Å². The first-order valence-electron chi connectivity index (χ1n) is 4.48. The minimum Gasteiger partial charge on any atom is -0.488 e. The maximum absolute atomic E-state index is 5.85. The van der Waals surface area contributed by atoms with E-state index in [9.17, 15) is 0 Å². The maximum Gasteiger partial charge on any atom is 0.137 e. The van der Waals surface area contributed by atoms with Crippen molar-refractivity contribution in [1.82, 2.24) is 0 Å². The molecule has 2 aliphatic rings. The molecule has 1 heterocycles. The van der Waals surface area contributed by atoms with Crippen molar-refractivity contribution in [3.8, 4) is 5.75 Å². The van der Waals surface area contributed by atoms with Gasteiger partial charge in [-0.15, -0.1) is 0 Å². The molecule has 0 amide bonds. The summed E-state index contributed by atoms with van der Waals surface area (Å²) in [6.07, 6.45) is 5.86. The van der Waals surface area contributed by atoms with E-state index >= 15 is 0 Å². The Morgan fingerprint density at radius 3 is 3.23 bits per heavy atom. The third kappa shape index (κ3) is 0.983. The van der Waals surface area contributed by atoms with Crippen LogP contribution in [0.25, 0.3) is 0 Å². The van der Waals surface area contributed by atoms with Gasteiger partial charge in [0.15, 0.2) is 0 Å². The van der Waals surface area contributed by atoms with Crippen LogP contribution in [0.5, 0.6) is 5.75 Å². The second kappa shape index (κ2) is 2.61. The topological polar surface area (TPSA) is 9.23 Å². The predicted molar refractivity (Wildman–Crippen MR) is 55.1 cm³/mol. The number of hydrogen-bond acceptors (Lipinski definition) is 1. The van der Waals surface area contributed by atoms with Crippen LogP contribution in [0, 0.1) is 0 Å². The van der Waals surface area contributed by atoms with Crippen LogP contribution in [0.2, 0.25) is 0 Å². The molecule has 2 heteroatoms. The molecule has 0 fully saturated rings. The molecule has 1 aromatic carbocycles. The molecule has 0 aromatic heterocycles. The smallest absolute Gasteiger partial charge is 0.137 e. The van der Waals surface area contributed by atoms with Gasteiger partial charge in [-0.25, -0.2) is 0 Å². The van der Waals surface area contributed by atoms with Gasteiger partial charge in [0.25, 0.3) is 0 Å². The van der Waals surface area contributed by atoms with E-state index in [4.69, 9.17) is 4.74 Å². The van der Waals surface area contributed by atoms with E-state index < -0.39 is 0 Å². The molecule has 1 nitrogen and oxygen atoms in total. The minimum absolute atomic E-state index is 0.355. The molecule has 1 aliphatic heterocycles. The van der Waals surface area contributed by atoms with Gasteiger partial charge in [-0.1, -0.05) is 24.3 Å². The van der Waals surface area contributed by atoms with Crippen LogP contribution in [-0.2, 0) is 0 Å². The molecule has 1 aromatic rings. The molecule has 1 aliphatic carbocycles. The van der Waals surface area contributed by atoms with Crippen LogP contribution in [0.1, 0.15) is 17.9 Å². The number of para-hydroxylation sites is 1. The zero-order valence-corrected chi connectivity index (χ0v) is 8.62. The fourth-order valence-corrected chi connectivity index (χ4v) is 2.59. The molecule has 0 saturated carbocycles. The Labute approximate surface area is 85.5 Å². The van der Waals surface area contributed by atoms with Crippen LogP contribution in [0.15, 0.2) is 34.8 Å². The molecule has 0 unspecified atom stereocenters. The van der Waals surface area contributed by atoms with E-state index in [1.54, 1.807) is 0 Å². The highest BCUT2D eigenvalue weighted by molar-refractivity contribution is 9.10. The van der Waals surface area contributed by atoms with Gasteiger partial charge in [0.05, 0.1) is 4.47 Å². The van der Waals surface area contributed by atoms with Crippen molar-refractivity contribution in [2.24, 2.45) is 0 Å². The fourth-order valence-electron chi connectivity index (χ4n) is 2.12. The zero-order chi connectivity index (χ0) is 8.84. The van der Waals surface area contributed by atoms with Gasteiger partial charge < -0.3 is 4.74 Å². The van der Waals surface area contributed by atoms with Crippen molar-refractivity contribution in [3.63, 3.8) is 0 Å². The molecule has 0 saturated heterocycles. The largest absolute Gasteiger partial charge is 0.488 e. The summed E-state index contributed by atoms with van der Waals surface area (Å²) in [7, 11) is 0. The standard InChI is InChI=1S/C11H9BrO/c12-9-5-1-4-8-7-3-2-6-10(7)13-11(8)9/h1-5,7,10H,6H2/t7-,10-/m1/s1. The highest BCUT2D eigenvalue weighted by atomic mass is 79.9. The summed E-state index contributed by atoms with van der Waals surface area (Å²) in [5.74, 6) is 1.54. The number of hydrogen-bond donors (Lipinski definition) is 0. The van der Waals surface area contributed by atoms with Gasteiger partial charge >= 0.3 is 0 Å². The van der Waals surface area contributed by atoms with E-state index in [2.05, 4.69) is 40.2 Å². The lowest BCUT2D eigenvalue weighted by molar-refractivity contribution is 0.231. The second-order valence-corrected chi connectivity index (χ2v) is 4.36. The number of fused-ring (bicyclic) bond motifs is 3. The Balaban J connectivity index is 2.17. The number of benzene rings is 1. The lowest BCUT2D eigenvalue weighted by Gasteiger charge is -2.07. The van der Waals surface area contributed by atoms with Gasteiger partial charge in [-0.05, 0) is 22.0 Å². The van der Waals surface area contributed by atoms with Crippen molar-refractivity contribution in [2.75, 3.05) is 0 Å². The quantitative estimate of drug-likeness (QED) is 0.629. The zero-order valence-electron chi connectivity index (χ0n) is 7.03. The van der Waals surface area contributed by atoms with Crippen LogP contribution in [-0.4, -0.2) is 6.10 Å². The summed E-state index contributed by atoms with van der Waals surface area (Å²) in [5, 5.41) is 0. The summed E-state index contributed by atoms with van der Waals surface area (Å²) in [4.78, 5) is 0. The van der Waals surface area contributed by atoms with Gasteiger partial charge in [0.2, 0.25) is 0 Å². The van der Waals surface area contributed by atoms with Crippen LogP contribution < -0.4 is 4.74 Å². The van der Waals surface area contributed by atoms with Crippen LogP contribution in [0.4, 0.5) is 0 Å². The SMILES string of the molecule is Brc1cccc2c1O[C@@H]1CC=C[C@H]21. The molecular weight excluding hydrogens is 228 g/mol. The summed E-state index contributed by atoms with van der Waals surface area (Å²) in [6.45, 7) is 0. The summed E-state index contributed by atoms with van der Waals surface area (Å²) >= 11 is 3.51. The minimum atomic E-state index is 0.355. The molecule has 0 spiro atoms. The van der Waals surface area contributed by atoms with E-state index in [1.807, 2.05) is 6.07 Å². The summed E-state index contributed by atoms with van der Waals surface area (Å²) in [6, 6.07) is 6.25. The van der Waals surface area contributed by atoms with E-state index in [0.717, 1.165) is 16.6 Å². The van der Waals surface area contributed by atoms with E-state index in [0.29, 0.717) is 12.0 Å². The average Bonchev–Trinajstić information content (AvgIpc) is 2.65. The Morgan fingerprint density at radius 1 is 1.38 bits per heavy atom. The van der Waals surface area contributed by atoms with Crippen molar-refractivity contribution in [3.05, 3.63) is 40.4 Å². The van der Waals surface area contributed by atoms with Crippen molar-refractivity contribution in [1.29, 1.82) is 0 Å². The van der Waals surface area contributed by atoms with E-state index in [-0.39, 0.29) is 0 Å². The highest BCUT2D eigenvalue weighted by Crippen LogP contribution is 2.46. The predicted octanol–water partition coefficient (Wildman–Crippen LogP) is 3.25. The number of halogens is 1. The summed E-state index contributed by atoms with van der Waals surface area (Å²) in [5.41, 5.74) is 1.33. The van der Waals surface area contributed by atoms with Gasteiger partial charge in [-0.2, -0.15) is 0 Å². The Hall–Kier alpha value is -0.760. The van der Waals surface area contributed by atoms with Crippen molar-refractivity contribution in [2.45, 2.75) is 18.4 Å². The Bertz CT molecular complexity index is 384. The third-order valence-corrected chi connectivity index (χ3v) is 3.36. The monoisotopic (exact) mass is 236 g/mol. The summed E-state index contributed by atoms with van der Waals surface area (Å²) < 4.78 is 6.93. The molecule has 0 radical (unpaired) electrons. The molecule has 3 rings (SSSR count). The Kier molecular flexibility index (Phi) is 1.53. The maximum atomic E-state index is 5.85. The first-order valence-corrected chi connectivity index (χ1v) is 5.27. The van der Waals surface area contributed by atoms with Crippen LogP contribution >= 0.6 is 15.9 Å². The molecule has 66 valence electrons. The first kappa shape index (κ1) is 7.63. The van der Waals surface area contributed by atoms with Gasteiger partial charge in [0.1, 0.15) is 11.9 Å². The Morgan fingerprint density at radius 2 is 2.31 bits per heavy atom. The number of ether oxygens (including phenoxy) is 1. The first-order chi connectivity index (χ1) is 6.36. The number of rotatable bonds is 0. The van der Waals surface area contributed by atoms with Crippen molar-refractivity contribution >= 4 is 15.9 Å². The molecule has 13 heavy (non-hydrogen) atoms. The molecule has 2 atom stereocenters. The van der Waals surface area contributed by atoms with Gasteiger partial charge in [-0.3, -0.25) is 0 Å². The molecule has 0 N–H and O–H groups in total. The third-order valence-electron chi connectivity index (χ3n) is 2.74. The van der Waals surface area contributed by atoms with Crippen LogP contribution in [0.3, 0.4) is 0 Å².